The highest BCUT2D eigenvalue weighted by Gasteiger charge is 2.31. The first kappa shape index (κ1) is 21.7. The van der Waals surface area contributed by atoms with E-state index >= 15 is 0 Å². The summed E-state index contributed by atoms with van der Waals surface area (Å²) in [4.78, 5) is 34.4. The molecule has 2 aromatic carbocycles. The highest BCUT2D eigenvalue weighted by atomic mass is 19.4. The fraction of sp³-hybridized carbons (Fsp3) is 0.222. The fourth-order valence-electron chi connectivity index (χ4n) is 2.56. The second kappa shape index (κ2) is 8.59. The molecule has 11 heteroatoms. The molecule has 0 radical (unpaired) electrons. The molecule has 0 aliphatic carbocycles. The second-order valence-electron chi connectivity index (χ2n) is 5.96. The quantitative estimate of drug-likeness (QED) is 0.535. The summed E-state index contributed by atoms with van der Waals surface area (Å²) in [5.74, 6) is -1.71. The van der Waals surface area contributed by atoms with Gasteiger partial charge >= 0.3 is 6.18 Å². The molecule has 0 aliphatic heterocycles. The van der Waals surface area contributed by atoms with Crippen LogP contribution in [0.1, 0.15) is 21.5 Å². The molecule has 2 rings (SSSR count). The Balaban J connectivity index is 2.28. The van der Waals surface area contributed by atoms with Crippen LogP contribution in [0.2, 0.25) is 0 Å². The maximum absolute atomic E-state index is 12.8. The number of carbonyl (C=O) groups excluding carboxylic acids is 2. The number of rotatable bonds is 7. The maximum Gasteiger partial charge on any atom is 0.416 e. The van der Waals surface area contributed by atoms with E-state index in [-0.39, 0.29) is 29.0 Å². The lowest BCUT2D eigenvalue weighted by Gasteiger charge is -2.17. The van der Waals surface area contributed by atoms with Crippen molar-refractivity contribution in [3.05, 3.63) is 69.3 Å². The molecule has 2 amide bonds. The van der Waals surface area contributed by atoms with E-state index in [4.69, 9.17) is 10.5 Å². The van der Waals surface area contributed by atoms with Crippen molar-refractivity contribution in [3.8, 4) is 5.75 Å². The van der Waals surface area contributed by atoms with Crippen LogP contribution in [0, 0.1) is 10.1 Å². The minimum absolute atomic E-state index is 0.217. The number of nitrogens with zero attached hydrogens (tertiary/aromatic N) is 1. The minimum atomic E-state index is -4.64. The Morgan fingerprint density at radius 3 is 2.48 bits per heavy atom. The topological polar surface area (TPSA) is 125 Å². The molecule has 0 aliphatic rings. The molecule has 0 saturated heterocycles. The Kier molecular flexibility index (Phi) is 6.42. The SMILES string of the molecule is COc1ccc([N+](=O)[O-])cc1C[C@@H](NC(=O)c1cccc(C(F)(F)F)c1)C(N)=O. The van der Waals surface area contributed by atoms with Gasteiger partial charge in [0.2, 0.25) is 5.91 Å². The highest BCUT2D eigenvalue weighted by molar-refractivity contribution is 5.97. The Labute approximate surface area is 162 Å². The number of hydrogen-bond acceptors (Lipinski definition) is 5. The zero-order valence-electron chi connectivity index (χ0n) is 15.0. The average Bonchev–Trinajstić information content (AvgIpc) is 2.66. The summed E-state index contributed by atoms with van der Waals surface area (Å²) in [5.41, 5.74) is 3.89. The Bertz CT molecular complexity index is 947. The predicted octanol–water partition coefficient (Wildman–Crippen LogP) is 2.45. The lowest BCUT2D eigenvalue weighted by molar-refractivity contribution is -0.384. The first-order valence-corrected chi connectivity index (χ1v) is 8.11. The van der Waals surface area contributed by atoms with Crippen molar-refractivity contribution in [1.82, 2.24) is 5.32 Å². The van der Waals surface area contributed by atoms with Crippen LogP contribution in [0.4, 0.5) is 18.9 Å². The van der Waals surface area contributed by atoms with Crippen molar-refractivity contribution in [1.29, 1.82) is 0 Å². The van der Waals surface area contributed by atoms with Crippen LogP contribution in [0.5, 0.6) is 5.75 Å². The number of ether oxygens (including phenoxy) is 1. The van der Waals surface area contributed by atoms with Crippen molar-refractivity contribution in [3.63, 3.8) is 0 Å². The summed E-state index contributed by atoms with van der Waals surface area (Å²) in [5, 5.41) is 13.2. The van der Waals surface area contributed by atoms with E-state index in [1.165, 1.54) is 19.2 Å². The highest BCUT2D eigenvalue weighted by Crippen LogP contribution is 2.29. The van der Waals surface area contributed by atoms with Crippen LogP contribution in [0.25, 0.3) is 0 Å². The molecule has 0 unspecified atom stereocenters. The van der Waals surface area contributed by atoms with E-state index in [1.807, 2.05) is 0 Å². The summed E-state index contributed by atoms with van der Waals surface area (Å²) in [6, 6.07) is 5.98. The number of nitro groups is 1. The third kappa shape index (κ3) is 5.43. The van der Waals surface area contributed by atoms with Crippen LogP contribution < -0.4 is 15.8 Å². The number of nitro benzene ring substituents is 1. The molecule has 0 aromatic heterocycles. The van der Waals surface area contributed by atoms with Crippen LogP contribution in [-0.2, 0) is 17.4 Å². The van der Waals surface area contributed by atoms with Gasteiger partial charge in [0, 0.05) is 29.7 Å². The van der Waals surface area contributed by atoms with Crippen LogP contribution in [0.3, 0.4) is 0 Å². The third-order valence-corrected chi connectivity index (χ3v) is 4.00. The molecule has 154 valence electrons. The predicted molar refractivity (Wildman–Crippen MR) is 95.2 cm³/mol. The van der Waals surface area contributed by atoms with E-state index in [9.17, 15) is 32.9 Å². The molecule has 0 spiro atoms. The molecule has 0 fully saturated rings. The zero-order valence-corrected chi connectivity index (χ0v) is 15.0. The number of hydrogen-bond donors (Lipinski definition) is 2. The normalized spacial score (nSPS) is 12.1. The van der Waals surface area contributed by atoms with Gasteiger partial charge in [0.15, 0.2) is 0 Å². The van der Waals surface area contributed by atoms with Crippen LogP contribution >= 0.6 is 0 Å². The van der Waals surface area contributed by atoms with Gasteiger partial charge in [-0.2, -0.15) is 13.2 Å². The molecule has 1 atom stereocenters. The lowest BCUT2D eigenvalue weighted by atomic mass is 10.0. The van der Waals surface area contributed by atoms with Gasteiger partial charge in [-0.25, -0.2) is 0 Å². The van der Waals surface area contributed by atoms with Gasteiger partial charge < -0.3 is 15.8 Å². The van der Waals surface area contributed by atoms with Crippen molar-refractivity contribution >= 4 is 17.5 Å². The van der Waals surface area contributed by atoms with Crippen molar-refractivity contribution in [2.24, 2.45) is 5.73 Å². The van der Waals surface area contributed by atoms with Gasteiger partial charge in [-0.15, -0.1) is 0 Å². The number of non-ortho nitro benzene ring substituents is 1. The smallest absolute Gasteiger partial charge is 0.416 e. The van der Waals surface area contributed by atoms with E-state index < -0.39 is 34.5 Å². The number of amides is 2. The molecule has 0 bridgehead atoms. The third-order valence-electron chi connectivity index (χ3n) is 4.00. The summed E-state index contributed by atoms with van der Waals surface area (Å²) >= 11 is 0. The van der Waals surface area contributed by atoms with Gasteiger partial charge in [-0.05, 0) is 24.3 Å². The number of carbonyl (C=O) groups is 2. The van der Waals surface area contributed by atoms with Crippen molar-refractivity contribution < 1.29 is 32.4 Å². The van der Waals surface area contributed by atoms with E-state index in [2.05, 4.69) is 5.32 Å². The number of nitrogens with one attached hydrogen (secondary N) is 1. The number of primary amides is 1. The summed E-state index contributed by atoms with van der Waals surface area (Å²) in [6.07, 6.45) is -4.90. The first-order valence-electron chi connectivity index (χ1n) is 8.11. The summed E-state index contributed by atoms with van der Waals surface area (Å²) in [6.45, 7) is 0. The number of benzene rings is 2. The Morgan fingerprint density at radius 2 is 1.93 bits per heavy atom. The molecular formula is C18H16F3N3O5. The van der Waals surface area contributed by atoms with Crippen molar-refractivity contribution in [2.45, 2.75) is 18.6 Å². The number of nitrogens with two attached hydrogens (primary N) is 1. The molecule has 3 N–H and O–H groups in total. The van der Waals surface area contributed by atoms with Crippen LogP contribution in [-0.4, -0.2) is 29.9 Å². The zero-order chi connectivity index (χ0) is 21.8. The number of alkyl halides is 3. The summed E-state index contributed by atoms with van der Waals surface area (Å²) < 4.78 is 43.6. The lowest BCUT2D eigenvalue weighted by Crippen LogP contribution is -2.46. The molecular weight excluding hydrogens is 395 g/mol. The average molecular weight is 411 g/mol. The monoisotopic (exact) mass is 411 g/mol. The van der Waals surface area contributed by atoms with Crippen LogP contribution in [0.15, 0.2) is 42.5 Å². The van der Waals surface area contributed by atoms with Gasteiger partial charge in [0.25, 0.3) is 11.6 Å². The van der Waals surface area contributed by atoms with E-state index in [1.54, 1.807) is 0 Å². The van der Waals surface area contributed by atoms with E-state index in [0.29, 0.717) is 6.07 Å². The molecule has 0 heterocycles. The number of halogens is 3. The van der Waals surface area contributed by atoms with Gasteiger partial charge in [0.1, 0.15) is 11.8 Å². The van der Waals surface area contributed by atoms with E-state index in [0.717, 1.165) is 24.3 Å². The largest absolute Gasteiger partial charge is 0.496 e. The minimum Gasteiger partial charge on any atom is -0.496 e. The van der Waals surface area contributed by atoms with Gasteiger partial charge in [0.05, 0.1) is 17.6 Å². The second-order valence-corrected chi connectivity index (χ2v) is 5.96. The summed E-state index contributed by atoms with van der Waals surface area (Å²) in [7, 11) is 1.31. The van der Waals surface area contributed by atoms with Gasteiger partial charge in [-0.1, -0.05) is 6.07 Å². The first-order chi connectivity index (χ1) is 13.5. The fourth-order valence-corrected chi connectivity index (χ4v) is 2.56. The molecule has 8 nitrogen and oxygen atoms in total. The molecule has 2 aromatic rings. The Morgan fingerprint density at radius 1 is 1.24 bits per heavy atom. The molecule has 0 saturated carbocycles. The van der Waals surface area contributed by atoms with Crippen molar-refractivity contribution in [2.75, 3.05) is 7.11 Å². The standard InChI is InChI=1S/C18H16F3N3O5/c1-29-15-6-5-13(24(27)28)8-11(15)9-14(16(22)25)23-17(26)10-3-2-4-12(7-10)18(19,20)21/h2-8,14H,9H2,1H3,(H2,22,25)(H,23,26)/t14-/m1/s1. The maximum atomic E-state index is 12.8. The Hall–Kier alpha value is -3.63. The number of methoxy groups -OCH3 is 1. The van der Waals surface area contributed by atoms with Gasteiger partial charge in [-0.3, -0.25) is 19.7 Å². The molecule has 29 heavy (non-hydrogen) atoms.